The number of benzene rings is 1. The van der Waals surface area contributed by atoms with Gasteiger partial charge in [0, 0.05) is 51.0 Å². The first kappa shape index (κ1) is 26.6. The highest BCUT2D eigenvalue weighted by molar-refractivity contribution is 7.88. The number of piperidine rings is 1. The first-order chi connectivity index (χ1) is 17.4. The number of sulfonamides is 1. The number of anilines is 1. The predicted octanol–water partition coefficient (Wildman–Crippen LogP) is 2.63. The number of likely N-dealkylation sites (tertiary alicyclic amines) is 1. The molecule has 1 amide bonds. The molecule has 0 aliphatic carbocycles. The van der Waals surface area contributed by atoms with E-state index in [4.69, 9.17) is 0 Å². The van der Waals surface area contributed by atoms with Crippen LogP contribution in [-0.4, -0.2) is 87.1 Å². The smallest absolute Gasteiger partial charge is 0.251 e. The van der Waals surface area contributed by atoms with E-state index in [2.05, 4.69) is 50.4 Å². The van der Waals surface area contributed by atoms with Gasteiger partial charge in [-0.2, -0.15) is 0 Å². The van der Waals surface area contributed by atoms with Crippen molar-refractivity contribution in [3.63, 3.8) is 0 Å². The molecule has 9 heteroatoms. The Bertz CT molecular complexity index is 1090. The SMILES string of the molecule is CS(=O)(=O)N1CCCN(c2cc(C(=O)NCCN3CCC(CCc4ccccc4)CC3)ccn2)CC1. The number of hydrogen-bond donors (Lipinski definition) is 1. The standard InChI is InChI=1S/C27H39N5O3S/c1-36(34,35)32-16-5-15-31(20-21-32)26-22-25(10-13-28-26)27(33)29-14-19-30-17-11-24(12-18-30)9-8-23-6-3-2-4-7-23/h2-4,6-7,10,13,22,24H,5,8-9,11-12,14-21H2,1H3,(H,29,33). The van der Waals surface area contributed by atoms with E-state index in [1.807, 2.05) is 6.07 Å². The van der Waals surface area contributed by atoms with Crippen LogP contribution in [0, 0.1) is 5.92 Å². The summed E-state index contributed by atoms with van der Waals surface area (Å²) in [4.78, 5) is 21.7. The molecule has 2 aliphatic rings. The summed E-state index contributed by atoms with van der Waals surface area (Å²) in [6, 6.07) is 14.3. The summed E-state index contributed by atoms with van der Waals surface area (Å²) in [6.45, 7) is 5.89. The molecule has 2 saturated heterocycles. The summed E-state index contributed by atoms with van der Waals surface area (Å²) in [5.74, 6) is 1.41. The Morgan fingerprint density at radius 3 is 2.56 bits per heavy atom. The minimum absolute atomic E-state index is 0.0935. The van der Waals surface area contributed by atoms with Gasteiger partial charge >= 0.3 is 0 Å². The number of amides is 1. The normalized spacial score (nSPS) is 18.6. The Labute approximate surface area is 215 Å². The van der Waals surface area contributed by atoms with Gasteiger partial charge < -0.3 is 15.1 Å². The molecule has 4 rings (SSSR count). The van der Waals surface area contributed by atoms with E-state index >= 15 is 0 Å². The summed E-state index contributed by atoms with van der Waals surface area (Å²) < 4.78 is 25.3. The maximum atomic E-state index is 12.8. The molecule has 36 heavy (non-hydrogen) atoms. The second kappa shape index (κ2) is 12.7. The average molecular weight is 514 g/mol. The van der Waals surface area contributed by atoms with Crippen LogP contribution in [0.4, 0.5) is 5.82 Å². The quantitative estimate of drug-likeness (QED) is 0.555. The fourth-order valence-electron chi connectivity index (χ4n) is 5.13. The molecule has 0 unspecified atom stereocenters. The number of aryl methyl sites for hydroxylation is 1. The van der Waals surface area contributed by atoms with Gasteiger partial charge in [0.05, 0.1) is 6.26 Å². The topological polar surface area (TPSA) is 85.8 Å². The molecular weight excluding hydrogens is 474 g/mol. The minimum Gasteiger partial charge on any atom is -0.355 e. The van der Waals surface area contributed by atoms with Crippen molar-refractivity contribution >= 4 is 21.7 Å². The number of hydrogen-bond acceptors (Lipinski definition) is 6. The summed E-state index contributed by atoms with van der Waals surface area (Å²) in [7, 11) is -3.20. The number of aromatic nitrogens is 1. The van der Waals surface area contributed by atoms with Gasteiger partial charge in [-0.15, -0.1) is 0 Å². The lowest BCUT2D eigenvalue weighted by atomic mass is 9.90. The molecule has 3 heterocycles. The second-order valence-electron chi connectivity index (χ2n) is 9.97. The van der Waals surface area contributed by atoms with Gasteiger partial charge in [-0.05, 0) is 68.8 Å². The Kier molecular flexibility index (Phi) is 9.34. The van der Waals surface area contributed by atoms with Gasteiger partial charge in [0.1, 0.15) is 5.82 Å². The number of rotatable bonds is 9. The number of carbonyl (C=O) groups excluding carboxylic acids is 1. The lowest BCUT2D eigenvalue weighted by Crippen LogP contribution is -2.39. The Morgan fingerprint density at radius 1 is 1.03 bits per heavy atom. The van der Waals surface area contributed by atoms with E-state index in [0.717, 1.165) is 44.2 Å². The van der Waals surface area contributed by atoms with Crippen LogP contribution in [0.3, 0.4) is 0 Å². The molecule has 2 fully saturated rings. The highest BCUT2D eigenvalue weighted by atomic mass is 32.2. The molecule has 0 saturated carbocycles. The van der Waals surface area contributed by atoms with Crippen LogP contribution in [0.25, 0.3) is 0 Å². The van der Waals surface area contributed by atoms with E-state index in [0.29, 0.717) is 38.3 Å². The Hall–Kier alpha value is -2.49. The highest BCUT2D eigenvalue weighted by Crippen LogP contribution is 2.22. The zero-order valence-corrected chi connectivity index (χ0v) is 22.1. The van der Waals surface area contributed by atoms with E-state index < -0.39 is 10.0 Å². The zero-order valence-electron chi connectivity index (χ0n) is 21.3. The van der Waals surface area contributed by atoms with Gasteiger partial charge in [0.2, 0.25) is 10.0 Å². The first-order valence-electron chi connectivity index (χ1n) is 13.1. The van der Waals surface area contributed by atoms with Crippen molar-refractivity contribution in [3.8, 4) is 0 Å². The van der Waals surface area contributed by atoms with E-state index in [9.17, 15) is 13.2 Å². The molecule has 196 valence electrons. The third-order valence-corrected chi connectivity index (χ3v) is 8.66. The second-order valence-corrected chi connectivity index (χ2v) is 12.0. The van der Waals surface area contributed by atoms with Gasteiger partial charge in [-0.3, -0.25) is 4.79 Å². The first-order valence-corrected chi connectivity index (χ1v) is 14.9. The molecule has 1 N–H and O–H groups in total. The van der Waals surface area contributed by atoms with Crippen molar-refractivity contribution in [1.82, 2.24) is 19.5 Å². The number of carbonyl (C=O) groups is 1. The van der Waals surface area contributed by atoms with Gasteiger partial charge in [0.25, 0.3) is 5.91 Å². The van der Waals surface area contributed by atoms with E-state index in [-0.39, 0.29) is 5.91 Å². The average Bonchev–Trinajstić information content (AvgIpc) is 3.16. The maximum Gasteiger partial charge on any atom is 0.251 e. The molecule has 2 aromatic rings. The van der Waals surface area contributed by atoms with Crippen molar-refractivity contribution in [2.75, 3.05) is 63.5 Å². The van der Waals surface area contributed by atoms with Crippen LogP contribution in [0.2, 0.25) is 0 Å². The summed E-state index contributed by atoms with van der Waals surface area (Å²) in [5, 5.41) is 3.06. The molecule has 0 spiro atoms. The van der Waals surface area contributed by atoms with Crippen LogP contribution in [0.15, 0.2) is 48.7 Å². The molecule has 0 radical (unpaired) electrons. The molecular formula is C27H39N5O3S. The van der Waals surface area contributed by atoms with Gasteiger partial charge in [0.15, 0.2) is 0 Å². The van der Waals surface area contributed by atoms with Crippen molar-refractivity contribution in [2.45, 2.75) is 32.1 Å². The van der Waals surface area contributed by atoms with E-state index in [1.54, 1.807) is 12.3 Å². The largest absolute Gasteiger partial charge is 0.355 e. The summed E-state index contributed by atoms with van der Waals surface area (Å²) >= 11 is 0. The molecule has 1 aromatic carbocycles. The third kappa shape index (κ3) is 7.75. The number of nitrogens with one attached hydrogen (secondary N) is 1. The number of pyridine rings is 1. The van der Waals surface area contributed by atoms with Crippen LogP contribution < -0.4 is 10.2 Å². The number of nitrogens with zero attached hydrogens (tertiary/aromatic N) is 4. The predicted molar refractivity (Wildman–Crippen MR) is 144 cm³/mol. The van der Waals surface area contributed by atoms with Crippen LogP contribution in [0.5, 0.6) is 0 Å². The third-order valence-electron chi connectivity index (χ3n) is 7.36. The lowest BCUT2D eigenvalue weighted by molar-refractivity contribution is 0.0943. The highest BCUT2D eigenvalue weighted by Gasteiger charge is 2.23. The molecule has 1 aromatic heterocycles. The maximum absolute atomic E-state index is 12.8. The van der Waals surface area contributed by atoms with Crippen LogP contribution >= 0.6 is 0 Å². The molecule has 0 atom stereocenters. The monoisotopic (exact) mass is 513 g/mol. The van der Waals surface area contributed by atoms with Crippen LogP contribution in [-0.2, 0) is 16.4 Å². The van der Waals surface area contributed by atoms with E-state index in [1.165, 1.54) is 35.4 Å². The lowest BCUT2D eigenvalue weighted by Gasteiger charge is -2.32. The van der Waals surface area contributed by atoms with Crippen molar-refractivity contribution < 1.29 is 13.2 Å². The molecule has 2 aliphatic heterocycles. The molecule has 0 bridgehead atoms. The van der Waals surface area contributed by atoms with Crippen molar-refractivity contribution in [3.05, 3.63) is 59.8 Å². The fourth-order valence-corrected chi connectivity index (χ4v) is 6.00. The van der Waals surface area contributed by atoms with Crippen molar-refractivity contribution in [1.29, 1.82) is 0 Å². The minimum atomic E-state index is -3.20. The van der Waals surface area contributed by atoms with Gasteiger partial charge in [-0.25, -0.2) is 17.7 Å². The molecule has 8 nitrogen and oxygen atoms in total. The Morgan fingerprint density at radius 2 is 1.81 bits per heavy atom. The summed E-state index contributed by atoms with van der Waals surface area (Å²) in [6.07, 6.45) is 8.49. The fraction of sp³-hybridized carbons (Fsp3) is 0.556. The zero-order chi connectivity index (χ0) is 25.4. The van der Waals surface area contributed by atoms with Crippen LogP contribution in [0.1, 0.15) is 41.6 Å². The summed E-state index contributed by atoms with van der Waals surface area (Å²) in [5.41, 5.74) is 2.01. The van der Waals surface area contributed by atoms with Gasteiger partial charge in [-0.1, -0.05) is 30.3 Å². The van der Waals surface area contributed by atoms with Crippen molar-refractivity contribution in [2.24, 2.45) is 5.92 Å². The Balaban J connectivity index is 1.18.